The van der Waals surface area contributed by atoms with Crippen LogP contribution < -0.4 is 5.32 Å². The first-order chi connectivity index (χ1) is 12.1. The summed E-state index contributed by atoms with van der Waals surface area (Å²) in [5.41, 5.74) is 5.67. The topological polar surface area (TPSA) is 46.4 Å². The Hall–Kier alpha value is -2.92. The van der Waals surface area contributed by atoms with E-state index in [-0.39, 0.29) is 5.91 Å². The minimum absolute atomic E-state index is 0.136. The predicted molar refractivity (Wildman–Crippen MR) is 102 cm³/mol. The lowest BCUT2D eigenvalue weighted by atomic mass is 10.1. The molecule has 4 nitrogen and oxygen atoms in total. The van der Waals surface area contributed by atoms with Gasteiger partial charge in [0, 0.05) is 22.8 Å². The summed E-state index contributed by atoms with van der Waals surface area (Å²) in [6, 6.07) is 16.0. The molecular weight excluding hydrogens is 330 g/mol. The molecule has 0 aliphatic heterocycles. The maximum absolute atomic E-state index is 12.6. The Kier molecular flexibility index (Phi) is 3.86. The highest BCUT2D eigenvalue weighted by atomic mass is 32.1. The average Bonchev–Trinajstić information content (AvgIpc) is 3.18. The lowest BCUT2D eigenvalue weighted by molar-refractivity contribution is 0.102. The van der Waals surface area contributed by atoms with E-state index in [0.717, 1.165) is 27.5 Å². The number of anilines is 1. The Labute approximate surface area is 149 Å². The van der Waals surface area contributed by atoms with Gasteiger partial charge >= 0.3 is 0 Å². The van der Waals surface area contributed by atoms with Gasteiger partial charge in [-0.2, -0.15) is 0 Å². The van der Waals surface area contributed by atoms with Crippen LogP contribution in [0.25, 0.3) is 16.2 Å². The molecule has 0 aliphatic carbocycles. The Morgan fingerprint density at radius 3 is 2.32 bits per heavy atom. The fourth-order valence-corrected chi connectivity index (χ4v) is 3.50. The van der Waals surface area contributed by atoms with Crippen LogP contribution in [-0.2, 0) is 0 Å². The van der Waals surface area contributed by atoms with Gasteiger partial charge in [0.05, 0.1) is 5.69 Å². The molecule has 2 aromatic heterocycles. The van der Waals surface area contributed by atoms with Gasteiger partial charge in [0.25, 0.3) is 5.91 Å². The molecular formula is C20H17N3OS. The Morgan fingerprint density at radius 1 is 1.00 bits per heavy atom. The molecule has 124 valence electrons. The van der Waals surface area contributed by atoms with Crippen LogP contribution in [0.5, 0.6) is 0 Å². The average molecular weight is 347 g/mol. The van der Waals surface area contributed by atoms with Crippen LogP contribution >= 0.6 is 11.3 Å². The minimum atomic E-state index is -0.136. The number of amides is 1. The molecule has 4 aromatic rings. The van der Waals surface area contributed by atoms with Crippen molar-refractivity contribution in [1.29, 1.82) is 0 Å². The summed E-state index contributed by atoms with van der Waals surface area (Å²) in [7, 11) is 0. The summed E-state index contributed by atoms with van der Waals surface area (Å²) in [4.78, 5) is 18.1. The number of imidazole rings is 1. The standard InChI is InChI=1S/C20H17N3OS/c1-13-3-7-15(8-4-13)17-11-23-18(12-25-20(23)22-17)19(24)21-16-9-5-14(2)6-10-16/h3-12H,1-2H3,(H,21,24). The molecule has 1 amide bonds. The van der Waals surface area contributed by atoms with Crippen molar-refractivity contribution in [2.24, 2.45) is 0 Å². The van der Waals surface area contributed by atoms with E-state index in [1.54, 1.807) is 0 Å². The summed E-state index contributed by atoms with van der Waals surface area (Å²) in [5, 5.41) is 4.78. The van der Waals surface area contributed by atoms with E-state index in [1.165, 1.54) is 16.9 Å². The first-order valence-electron chi connectivity index (χ1n) is 8.02. The molecule has 25 heavy (non-hydrogen) atoms. The summed E-state index contributed by atoms with van der Waals surface area (Å²) < 4.78 is 1.85. The highest BCUT2D eigenvalue weighted by Gasteiger charge is 2.15. The maximum atomic E-state index is 12.6. The van der Waals surface area contributed by atoms with Crippen molar-refractivity contribution < 1.29 is 4.79 Å². The molecule has 0 spiro atoms. The number of benzene rings is 2. The van der Waals surface area contributed by atoms with Crippen LogP contribution in [0.1, 0.15) is 21.6 Å². The van der Waals surface area contributed by atoms with Crippen molar-refractivity contribution in [2.45, 2.75) is 13.8 Å². The number of nitrogens with zero attached hydrogens (tertiary/aromatic N) is 2. The number of nitrogens with one attached hydrogen (secondary N) is 1. The van der Waals surface area contributed by atoms with Crippen LogP contribution in [0.2, 0.25) is 0 Å². The van der Waals surface area contributed by atoms with E-state index in [9.17, 15) is 4.79 Å². The fourth-order valence-electron chi connectivity index (χ4n) is 2.64. The minimum Gasteiger partial charge on any atom is -0.321 e. The molecule has 2 aromatic carbocycles. The monoisotopic (exact) mass is 347 g/mol. The Morgan fingerprint density at radius 2 is 1.64 bits per heavy atom. The highest BCUT2D eigenvalue weighted by Crippen LogP contribution is 2.24. The number of rotatable bonds is 3. The van der Waals surface area contributed by atoms with Gasteiger partial charge in [-0.25, -0.2) is 4.98 Å². The molecule has 0 saturated carbocycles. The van der Waals surface area contributed by atoms with Gasteiger partial charge in [0.15, 0.2) is 4.96 Å². The van der Waals surface area contributed by atoms with E-state index < -0.39 is 0 Å². The third-order valence-electron chi connectivity index (χ3n) is 4.10. The van der Waals surface area contributed by atoms with Crippen LogP contribution in [-0.4, -0.2) is 15.3 Å². The van der Waals surface area contributed by atoms with E-state index in [2.05, 4.69) is 29.4 Å². The normalized spacial score (nSPS) is 11.0. The third-order valence-corrected chi connectivity index (χ3v) is 4.94. The van der Waals surface area contributed by atoms with Crippen LogP contribution in [0.4, 0.5) is 5.69 Å². The molecule has 2 heterocycles. The van der Waals surface area contributed by atoms with E-state index in [1.807, 2.05) is 59.3 Å². The molecule has 0 bridgehead atoms. The molecule has 5 heteroatoms. The predicted octanol–water partition coefficient (Wildman–Crippen LogP) is 4.93. The van der Waals surface area contributed by atoms with Gasteiger partial charge in [-0.3, -0.25) is 9.20 Å². The molecule has 0 radical (unpaired) electrons. The van der Waals surface area contributed by atoms with Crippen molar-refractivity contribution in [3.8, 4) is 11.3 Å². The van der Waals surface area contributed by atoms with Crippen LogP contribution in [0.15, 0.2) is 60.1 Å². The first-order valence-corrected chi connectivity index (χ1v) is 8.90. The van der Waals surface area contributed by atoms with Gasteiger partial charge < -0.3 is 5.32 Å². The lowest BCUT2D eigenvalue weighted by Gasteiger charge is -2.04. The van der Waals surface area contributed by atoms with Crippen molar-refractivity contribution in [3.63, 3.8) is 0 Å². The van der Waals surface area contributed by atoms with Gasteiger partial charge in [0.2, 0.25) is 0 Å². The smallest absolute Gasteiger partial charge is 0.273 e. The quantitative estimate of drug-likeness (QED) is 0.571. The number of thiazole rings is 1. The number of fused-ring (bicyclic) bond motifs is 1. The molecule has 0 saturated heterocycles. The summed E-state index contributed by atoms with van der Waals surface area (Å²) in [5.74, 6) is -0.136. The maximum Gasteiger partial charge on any atom is 0.273 e. The third kappa shape index (κ3) is 3.06. The summed E-state index contributed by atoms with van der Waals surface area (Å²) in [6.45, 7) is 4.08. The second-order valence-electron chi connectivity index (χ2n) is 6.09. The van der Waals surface area contributed by atoms with Crippen molar-refractivity contribution in [1.82, 2.24) is 9.38 Å². The summed E-state index contributed by atoms with van der Waals surface area (Å²) >= 11 is 1.46. The van der Waals surface area contributed by atoms with Gasteiger partial charge in [-0.05, 0) is 26.0 Å². The zero-order chi connectivity index (χ0) is 17.4. The number of hydrogen-bond acceptors (Lipinski definition) is 3. The zero-order valence-corrected chi connectivity index (χ0v) is 14.8. The molecule has 4 rings (SSSR count). The molecule has 1 N–H and O–H groups in total. The summed E-state index contributed by atoms with van der Waals surface area (Å²) in [6.07, 6.45) is 1.92. The number of carbonyl (C=O) groups is 1. The van der Waals surface area contributed by atoms with Gasteiger partial charge in [-0.1, -0.05) is 47.5 Å². The largest absolute Gasteiger partial charge is 0.321 e. The second kappa shape index (κ2) is 6.18. The fraction of sp³-hybridized carbons (Fsp3) is 0.100. The van der Waals surface area contributed by atoms with E-state index in [4.69, 9.17) is 0 Å². The number of hydrogen-bond donors (Lipinski definition) is 1. The Bertz CT molecular complexity index is 1040. The number of carbonyl (C=O) groups excluding carboxylic acids is 1. The van der Waals surface area contributed by atoms with Crippen LogP contribution in [0.3, 0.4) is 0 Å². The van der Waals surface area contributed by atoms with E-state index in [0.29, 0.717) is 5.69 Å². The lowest BCUT2D eigenvalue weighted by Crippen LogP contribution is -2.13. The van der Waals surface area contributed by atoms with Gasteiger partial charge in [-0.15, -0.1) is 11.3 Å². The van der Waals surface area contributed by atoms with Crippen molar-refractivity contribution >= 4 is 27.9 Å². The Balaban J connectivity index is 1.64. The highest BCUT2D eigenvalue weighted by molar-refractivity contribution is 7.15. The SMILES string of the molecule is Cc1ccc(NC(=O)c2csc3nc(-c4ccc(C)cc4)cn23)cc1. The number of aromatic nitrogens is 2. The van der Waals surface area contributed by atoms with Crippen molar-refractivity contribution in [3.05, 3.63) is 76.9 Å². The van der Waals surface area contributed by atoms with Crippen molar-refractivity contribution in [2.75, 3.05) is 5.32 Å². The molecule has 0 aliphatic rings. The second-order valence-corrected chi connectivity index (χ2v) is 6.92. The molecule has 0 unspecified atom stereocenters. The molecule has 0 atom stereocenters. The van der Waals surface area contributed by atoms with Gasteiger partial charge in [0.1, 0.15) is 5.69 Å². The first kappa shape index (κ1) is 15.6. The van der Waals surface area contributed by atoms with E-state index >= 15 is 0 Å². The number of aryl methyl sites for hydroxylation is 2. The zero-order valence-electron chi connectivity index (χ0n) is 14.0. The van der Waals surface area contributed by atoms with Crippen LogP contribution in [0, 0.1) is 13.8 Å². The molecule has 0 fully saturated rings.